The molecule has 8 heteroatoms. The van der Waals surface area contributed by atoms with Gasteiger partial charge in [-0.1, -0.05) is 13.8 Å². The summed E-state index contributed by atoms with van der Waals surface area (Å²) in [6.45, 7) is 3.98. The zero-order valence-electron chi connectivity index (χ0n) is 14.1. The topological polar surface area (TPSA) is 105 Å². The van der Waals surface area contributed by atoms with Gasteiger partial charge in [-0.15, -0.1) is 0 Å². The molecule has 23 heavy (non-hydrogen) atoms. The number of alkyl carbamates (subject to hydrolysis) is 1. The van der Waals surface area contributed by atoms with Crippen LogP contribution in [0.1, 0.15) is 39.5 Å². The number of carboxylic acid groups (broad SMARTS) is 1. The fourth-order valence-corrected chi connectivity index (χ4v) is 2.32. The van der Waals surface area contributed by atoms with Crippen molar-refractivity contribution in [3.8, 4) is 0 Å². The van der Waals surface area contributed by atoms with Gasteiger partial charge in [0.1, 0.15) is 13.2 Å². The van der Waals surface area contributed by atoms with Crippen molar-refractivity contribution in [2.24, 2.45) is 17.8 Å². The fraction of sp³-hybridized carbons (Fsp3) is 0.800. The molecule has 0 aromatic carbocycles. The fourth-order valence-electron chi connectivity index (χ4n) is 2.32. The largest absolute Gasteiger partial charge is 1.00 e. The van der Waals surface area contributed by atoms with Gasteiger partial charge in [0, 0.05) is 12.5 Å². The predicted octanol–water partition coefficient (Wildman–Crippen LogP) is -2.53. The van der Waals surface area contributed by atoms with Gasteiger partial charge in [0.05, 0.1) is 5.92 Å². The SMILES string of the molecule is CC(C)C(=O)OCCOC(=O)NCC1CCC(C(=O)[O-])CC1.[Na+]. The molecule has 0 aromatic rings. The second-order valence-electron chi connectivity index (χ2n) is 5.88. The number of rotatable bonds is 7. The third-order valence-electron chi connectivity index (χ3n) is 3.75. The summed E-state index contributed by atoms with van der Waals surface area (Å²) >= 11 is 0. The maximum Gasteiger partial charge on any atom is 1.00 e. The Morgan fingerprint density at radius 3 is 2.17 bits per heavy atom. The molecule has 1 amide bonds. The number of carboxylic acids is 1. The van der Waals surface area contributed by atoms with Crippen LogP contribution in [0.4, 0.5) is 4.79 Å². The summed E-state index contributed by atoms with van der Waals surface area (Å²) in [7, 11) is 0. The van der Waals surface area contributed by atoms with Gasteiger partial charge >= 0.3 is 41.6 Å². The first kappa shape index (κ1) is 22.2. The Morgan fingerprint density at radius 2 is 1.65 bits per heavy atom. The Hall–Kier alpha value is -0.790. The van der Waals surface area contributed by atoms with Crippen LogP contribution in [0.5, 0.6) is 0 Å². The monoisotopic (exact) mass is 337 g/mol. The zero-order valence-corrected chi connectivity index (χ0v) is 16.1. The molecule has 1 fully saturated rings. The normalized spacial score (nSPS) is 20.3. The van der Waals surface area contributed by atoms with Gasteiger partial charge in [-0.3, -0.25) is 4.79 Å². The van der Waals surface area contributed by atoms with Crippen LogP contribution in [-0.2, 0) is 19.1 Å². The molecule has 0 radical (unpaired) electrons. The van der Waals surface area contributed by atoms with E-state index in [1.807, 2.05) is 0 Å². The second-order valence-corrected chi connectivity index (χ2v) is 5.88. The molecule has 0 saturated heterocycles. The van der Waals surface area contributed by atoms with Crippen molar-refractivity contribution in [1.82, 2.24) is 5.32 Å². The Bertz CT molecular complexity index is 393. The van der Waals surface area contributed by atoms with Gasteiger partial charge in [-0.25, -0.2) is 4.79 Å². The summed E-state index contributed by atoms with van der Waals surface area (Å²) in [6, 6.07) is 0. The van der Waals surface area contributed by atoms with Crippen LogP contribution in [0.25, 0.3) is 0 Å². The van der Waals surface area contributed by atoms with E-state index in [1.54, 1.807) is 13.8 Å². The molecule has 1 aliphatic carbocycles. The molecule has 0 bridgehead atoms. The number of ether oxygens (including phenoxy) is 2. The van der Waals surface area contributed by atoms with Crippen LogP contribution < -0.4 is 40.0 Å². The van der Waals surface area contributed by atoms with Crippen molar-refractivity contribution in [3.05, 3.63) is 0 Å². The van der Waals surface area contributed by atoms with Crippen molar-refractivity contribution in [2.75, 3.05) is 19.8 Å². The van der Waals surface area contributed by atoms with Gasteiger partial charge in [-0.05, 0) is 37.5 Å². The van der Waals surface area contributed by atoms with Gasteiger partial charge in [0.15, 0.2) is 0 Å². The molecule has 1 saturated carbocycles. The first-order chi connectivity index (χ1) is 10.4. The summed E-state index contributed by atoms with van der Waals surface area (Å²) in [5.41, 5.74) is 0. The predicted molar refractivity (Wildman–Crippen MR) is 75.6 cm³/mol. The Morgan fingerprint density at radius 1 is 1.09 bits per heavy atom. The number of esters is 1. The number of amides is 1. The first-order valence-corrected chi connectivity index (χ1v) is 7.68. The summed E-state index contributed by atoms with van der Waals surface area (Å²) in [6.07, 6.45) is 2.14. The summed E-state index contributed by atoms with van der Waals surface area (Å²) in [5.74, 6) is -1.61. The summed E-state index contributed by atoms with van der Waals surface area (Å²) < 4.78 is 9.77. The number of hydrogen-bond acceptors (Lipinski definition) is 6. The van der Waals surface area contributed by atoms with Crippen molar-refractivity contribution >= 4 is 18.0 Å². The zero-order chi connectivity index (χ0) is 16.5. The van der Waals surface area contributed by atoms with Crippen LogP contribution in [0, 0.1) is 17.8 Å². The molecule has 0 heterocycles. The molecule has 1 aliphatic rings. The van der Waals surface area contributed by atoms with E-state index in [-0.39, 0.29) is 66.5 Å². The van der Waals surface area contributed by atoms with Crippen LogP contribution in [0.3, 0.4) is 0 Å². The summed E-state index contributed by atoms with van der Waals surface area (Å²) in [5, 5.41) is 13.4. The number of aliphatic carboxylic acids is 1. The van der Waals surface area contributed by atoms with Crippen LogP contribution in [-0.4, -0.2) is 37.8 Å². The van der Waals surface area contributed by atoms with E-state index in [9.17, 15) is 19.5 Å². The third kappa shape index (κ3) is 9.17. The van der Waals surface area contributed by atoms with Crippen molar-refractivity contribution in [1.29, 1.82) is 0 Å². The molecular weight excluding hydrogens is 313 g/mol. The van der Waals surface area contributed by atoms with Crippen molar-refractivity contribution < 1.29 is 58.5 Å². The van der Waals surface area contributed by atoms with Gasteiger partial charge in [0.25, 0.3) is 0 Å². The molecule has 1 rings (SSSR count). The number of carbonyl (C=O) groups is 3. The second kappa shape index (κ2) is 11.7. The Kier molecular flexibility index (Phi) is 11.3. The van der Waals surface area contributed by atoms with E-state index in [2.05, 4.69) is 5.32 Å². The van der Waals surface area contributed by atoms with Crippen LogP contribution >= 0.6 is 0 Å². The van der Waals surface area contributed by atoms with Crippen LogP contribution in [0.15, 0.2) is 0 Å². The van der Waals surface area contributed by atoms with E-state index in [0.29, 0.717) is 19.4 Å². The van der Waals surface area contributed by atoms with Crippen LogP contribution in [0.2, 0.25) is 0 Å². The smallest absolute Gasteiger partial charge is 0.550 e. The maximum absolute atomic E-state index is 11.5. The Balaban J connectivity index is 0.00000484. The average molecular weight is 337 g/mol. The van der Waals surface area contributed by atoms with Gasteiger partial charge < -0.3 is 24.7 Å². The first-order valence-electron chi connectivity index (χ1n) is 7.68. The molecule has 0 aromatic heterocycles. The van der Waals surface area contributed by atoms with E-state index >= 15 is 0 Å². The molecule has 126 valence electrons. The molecule has 1 N–H and O–H groups in total. The standard InChI is InChI=1S/C15H25NO6.Na/c1-10(2)14(19)21-7-8-22-15(20)16-9-11-3-5-12(6-4-11)13(17)18;/h10-12H,3-9H2,1-2H3,(H,16,20)(H,17,18);/q;+1/p-1. The number of hydrogen-bond donors (Lipinski definition) is 1. The van der Waals surface area contributed by atoms with E-state index < -0.39 is 12.1 Å². The molecule has 0 aliphatic heterocycles. The minimum absolute atomic E-state index is 0. The van der Waals surface area contributed by atoms with E-state index in [0.717, 1.165) is 12.8 Å². The Labute approximate surface area is 158 Å². The van der Waals surface area contributed by atoms with Gasteiger partial charge in [-0.2, -0.15) is 0 Å². The maximum atomic E-state index is 11.5. The summed E-state index contributed by atoms with van der Waals surface area (Å²) in [4.78, 5) is 33.4. The van der Waals surface area contributed by atoms with E-state index in [4.69, 9.17) is 9.47 Å². The minimum Gasteiger partial charge on any atom is -0.550 e. The number of nitrogens with one attached hydrogen (secondary N) is 1. The number of carbonyl (C=O) groups excluding carboxylic acids is 3. The minimum atomic E-state index is -0.984. The average Bonchev–Trinajstić information content (AvgIpc) is 2.49. The molecule has 0 spiro atoms. The third-order valence-corrected chi connectivity index (χ3v) is 3.75. The van der Waals surface area contributed by atoms with Gasteiger partial charge in [0.2, 0.25) is 0 Å². The molecule has 7 nitrogen and oxygen atoms in total. The van der Waals surface area contributed by atoms with Crippen molar-refractivity contribution in [3.63, 3.8) is 0 Å². The van der Waals surface area contributed by atoms with E-state index in [1.165, 1.54) is 0 Å². The van der Waals surface area contributed by atoms with Crippen molar-refractivity contribution in [2.45, 2.75) is 39.5 Å². The quantitative estimate of drug-likeness (QED) is 0.312. The molecule has 0 unspecified atom stereocenters. The molecule has 0 atom stereocenters. The molecular formula is C15H24NNaO6.